The van der Waals surface area contributed by atoms with Crippen LogP contribution in [-0.4, -0.2) is 31.7 Å². The number of benzene rings is 1. The molecule has 1 aromatic carbocycles. The average Bonchev–Trinajstić information content (AvgIpc) is 3.30. The smallest absolute Gasteiger partial charge is 0.307 e. The molecule has 27 heavy (non-hydrogen) atoms. The maximum Gasteiger partial charge on any atom is 0.307 e. The number of amides is 1. The summed E-state index contributed by atoms with van der Waals surface area (Å²) in [5, 5.41) is 16.8. The van der Waals surface area contributed by atoms with Crippen LogP contribution in [-0.2, 0) is 16.1 Å². The van der Waals surface area contributed by atoms with Gasteiger partial charge >= 0.3 is 5.97 Å². The van der Waals surface area contributed by atoms with Crippen molar-refractivity contribution in [3.05, 3.63) is 53.6 Å². The van der Waals surface area contributed by atoms with E-state index in [1.807, 2.05) is 54.9 Å². The topological polar surface area (TPSA) is 97.1 Å². The van der Waals surface area contributed by atoms with Gasteiger partial charge in [-0.2, -0.15) is 5.10 Å². The Labute approximate surface area is 157 Å². The van der Waals surface area contributed by atoms with Crippen LogP contribution in [0.3, 0.4) is 0 Å². The Morgan fingerprint density at radius 3 is 2.63 bits per heavy atom. The summed E-state index contributed by atoms with van der Waals surface area (Å²) in [6.07, 6.45) is 4.68. The predicted octanol–water partition coefficient (Wildman–Crippen LogP) is 2.40. The second kappa shape index (κ2) is 6.64. The molecule has 0 radical (unpaired) electrons. The molecule has 1 heterocycles. The minimum atomic E-state index is -0.891. The monoisotopic (exact) mass is 366 g/mol. The number of carbonyl (C=O) groups excluding carboxylic acids is 1. The van der Waals surface area contributed by atoms with Crippen LogP contribution in [0.2, 0.25) is 0 Å². The van der Waals surface area contributed by atoms with Gasteiger partial charge in [-0.05, 0) is 49.8 Å². The lowest BCUT2D eigenvalue weighted by Crippen LogP contribution is -2.36. The zero-order chi connectivity index (χ0) is 19.1. The SMILES string of the molecule is Cc1nc(C)n(Cc2cccc(NC(=O)[C@@H]3[C@H](C(=O)O)[C@H]4C=C[C@H]3C4)c2)n1. The van der Waals surface area contributed by atoms with Crippen molar-refractivity contribution in [1.82, 2.24) is 14.8 Å². The molecule has 2 N–H and O–H groups in total. The molecule has 1 fully saturated rings. The maximum atomic E-state index is 12.8. The van der Waals surface area contributed by atoms with E-state index in [4.69, 9.17) is 0 Å². The van der Waals surface area contributed by atoms with Gasteiger partial charge in [-0.3, -0.25) is 9.59 Å². The third-order valence-corrected chi connectivity index (χ3v) is 5.54. The predicted molar refractivity (Wildman–Crippen MR) is 99.0 cm³/mol. The highest BCUT2D eigenvalue weighted by atomic mass is 16.4. The molecule has 1 amide bonds. The number of aryl methyl sites for hydroxylation is 2. The fourth-order valence-electron chi connectivity index (χ4n) is 4.37. The van der Waals surface area contributed by atoms with E-state index in [0.717, 1.165) is 23.6 Å². The fourth-order valence-corrected chi connectivity index (χ4v) is 4.37. The van der Waals surface area contributed by atoms with Gasteiger partial charge in [0.05, 0.1) is 18.4 Å². The third-order valence-electron chi connectivity index (χ3n) is 5.54. The van der Waals surface area contributed by atoms with Gasteiger partial charge in [0, 0.05) is 5.69 Å². The lowest BCUT2D eigenvalue weighted by molar-refractivity contribution is -0.146. The van der Waals surface area contributed by atoms with Gasteiger partial charge in [0.15, 0.2) is 0 Å². The number of carbonyl (C=O) groups is 2. The molecule has 0 saturated heterocycles. The normalized spacial score (nSPS) is 25.7. The Hall–Kier alpha value is -2.96. The van der Waals surface area contributed by atoms with Crippen LogP contribution in [0.1, 0.15) is 23.6 Å². The van der Waals surface area contributed by atoms with Gasteiger partial charge in [-0.15, -0.1) is 0 Å². The van der Waals surface area contributed by atoms with Crippen molar-refractivity contribution in [2.45, 2.75) is 26.8 Å². The van der Waals surface area contributed by atoms with Crippen molar-refractivity contribution in [2.75, 3.05) is 5.32 Å². The van der Waals surface area contributed by atoms with Crippen molar-refractivity contribution in [3.63, 3.8) is 0 Å². The number of aliphatic carboxylic acids is 1. The summed E-state index contributed by atoms with van der Waals surface area (Å²) >= 11 is 0. The van der Waals surface area contributed by atoms with Gasteiger partial charge in [0.25, 0.3) is 0 Å². The zero-order valence-corrected chi connectivity index (χ0v) is 15.3. The number of nitrogens with zero attached hydrogens (tertiary/aromatic N) is 3. The highest BCUT2D eigenvalue weighted by Gasteiger charge is 2.51. The molecule has 7 heteroatoms. The number of rotatable bonds is 5. The minimum Gasteiger partial charge on any atom is -0.481 e. The fraction of sp³-hybridized carbons (Fsp3) is 0.400. The summed E-state index contributed by atoms with van der Waals surface area (Å²) in [7, 11) is 0. The summed E-state index contributed by atoms with van der Waals surface area (Å²) in [5.74, 6) is -0.721. The van der Waals surface area contributed by atoms with E-state index in [1.54, 1.807) is 0 Å². The number of hydrogen-bond acceptors (Lipinski definition) is 4. The number of allylic oxidation sites excluding steroid dienone is 2. The lowest BCUT2D eigenvalue weighted by Gasteiger charge is -2.24. The first-order chi connectivity index (χ1) is 12.9. The third kappa shape index (κ3) is 3.25. The van der Waals surface area contributed by atoms with Crippen molar-refractivity contribution in [2.24, 2.45) is 23.7 Å². The van der Waals surface area contributed by atoms with Crippen molar-refractivity contribution >= 4 is 17.6 Å². The summed E-state index contributed by atoms with van der Waals surface area (Å²) < 4.78 is 1.82. The van der Waals surface area contributed by atoms with Crippen LogP contribution in [0.25, 0.3) is 0 Å². The molecule has 2 aliphatic carbocycles. The van der Waals surface area contributed by atoms with Crippen LogP contribution in [0.4, 0.5) is 5.69 Å². The number of aromatic nitrogens is 3. The molecule has 2 aliphatic rings. The highest BCUT2D eigenvalue weighted by Crippen LogP contribution is 2.48. The second-order valence-corrected chi connectivity index (χ2v) is 7.39. The van der Waals surface area contributed by atoms with Gasteiger partial charge in [-0.25, -0.2) is 9.67 Å². The number of carboxylic acid groups (broad SMARTS) is 1. The number of hydrogen-bond donors (Lipinski definition) is 2. The molecule has 4 atom stereocenters. The van der Waals surface area contributed by atoms with E-state index in [9.17, 15) is 14.7 Å². The molecular weight excluding hydrogens is 344 g/mol. The first kappa shape index (κ1) is 17.5. The molecule has 2 aromatic rings. The Morgan fingerprint density at radius 2 is 1.96 bits per heavy atom. The minimum absolute atomic E-state index is 0.0139. The van der Waals surface area contributed by atoms with E-state index in [1.165, 1.54) is 0 Å². The van der Waals surface area contributed by atoms with E-state index in [-0.39, 0.29) is 17.7 Å². The number of carboxylic acids is 1. The maximum absolute atomic E-state index is 12.8. The Morgan fingerprint density at radius 1 is 1.22 bits per heavy atom. The van der Waals surface area contributed by atoms with Crippen LogP contribution in [0.5, 0.6) is 0 Å². The first-order valence-corrected chi connectivity index (χ1v) is 9.11. The van der Waals surface area contributed by atoms with Crippen molar-refractivity contribution in [1.29, 1.82) is 0 Å². The molecule has 0 unspecified atom stereocenters. The summed E-state index contributed by atoms with van der Waals surface area (Å²) in [5.41, 5.74) is 1.66. The van der Waals surface area contributed by atoms with Crippen LogP contribution >= 0.6 is 0 Å². The standard InChI is InChI=1S/C20H22N4O3/c1-11-21-12(2)24(23-11)10-13-4-3-5-16(8-13)22-19(25)17-14-6-7-15(9-14)18(17)20(26)27/h3-8,14-15,17-18H,9-10H2,1-2H3,(H,22,25)(H,26,27)/t14-,15-,17-,18+/m0/s1. The number of nitrogens with one attached hydrogen (secondary N) is 1. The Kier molecular flexibility index (Phi) is 4.30. The molecule has 2 bridgehead atoms. The van der Waals surface area contributed by atoms with Gasteiger partial charge < -0.3 is 10.4 Å². The summed E-state index contributed by atoms with van der Waals surface area (Å²) in [6, 6.07) is 7.55. The number of anilines is 1. The van der Waals surface area contributed by atoms with E-state index < -0.39 is 17.8 Å². The van der Waals surface area contributed by atoms with Gasteiger partial charge in [0.1, 0.15) is 11.6 Å². The zero-order valence-electron chi connectivity index (χ0n) is 15.3. The van der Waals surface area contributed by atoms with Crippen LogP contribution in [0.15, 0.2) is 36.4 Å². The highest BCUT2D eigenvalue weighted by molar-refractivity contribution is 5.96. The summed E-state index contributed by atoms with van der Waals surface area (Å²) in [6.45, 7) is 4.31. The van der Waals surface area contributed by atoms with Gasteiger partial charge in [0.2, 0.25) is 5.91 Å². The Bertz CT molecular complexity index is 933. The van der Waals surface area contributed by atoms with E-state index in [0.29, 0.717) is 12.2 Å². The van der Waals surface area contributed by atoms with Gasteiger partial charge in [-0.1, -0.05) is 24.3 Å². The van der Waals surface area contributed by atoms with E-state index in [2.05, 4.69) is 15.4 Å². The molecule has 4 rings (SSSR count). The number of fused-ring (bicyclic) bond motifs is 2. The molecule has 0 spiro atoms. The van der Waals surface area contributed by atoms with Crippen LogP contribution < -0.4 is 5.32 Å². The average molecular weight is 366 g/mol. The van der Waals surface area contributed by atoms with Crippen molar-refractivity contribution in [3.8, 4) is 0 Å². The quantitative estimate of drug-likeness (QED) is 0.792. The van der Waals surface area contributed by atoms with Crippen molar-refractivity contribution < 1.29 is 14.7 Å². The molecular formula is C20H22N4O3. The summed E-state index contributed by atoms with van der Waals surface area (Å²) in [4.78, 5) is 28.7. The molecule has 1 saturated carbocycles. The molecule has 1 aromatic heterocycles. The molecule has 0 aliphatic heterocycles. The molecule has 7 nitrogen and oxygen atoms in total. The first-order valence-electron chi connectivity index (χ1n) is 9.11. The lowest BCUT2D eigenvalue weighted by atomic mass is 9.82. The largest absolute Gasteiger partial charge is 0.481 e. The van der Waals surface area contributed by atoms with Crippen LogP contribution in [0, 0.1) is 37.5 Å². The second-order valence-electron chi connectivity index (χ2n) is 7.39. The van der Waals surface area contributed by atoms with E-state index >= 15 is 0 Å². The molecule has 140 valence electrons. The Balaban J connectivity index is 1.50.